The predicted molar refractivity (Wildman–Crippen MR) is 112 cm³/mol. The summed E-state index contributed by atoms with van der Waals surface area (Å²) in [5.74, 6) is 1.49. The van der Waals surface area contributed by atoms with E-state index in [0.717, 1.165) is 12.8 Å². The quantitative estimate of drug-likeness (QED) is 0.493. The van der Waals surface area contributed by atoms with Gasteiger partial charge in [0.15, 0.2) is 5.16 Å². The van der Waals surface area contributed by atoms with Crippen molar-refractivity contribution in [2.75, 3.05) is 5.75 Å². The molecular weight excluding hydrogens is 388 g/mol. The molecule has 152 valence electrons. The third-order valence-electron chi connectivity index (χ3n) is 5.74. The van der Waals surface area contributed by atoms with E-state index in [0.29, 0.717) is 27.9 Å². The second-order valence-electron chi connectivity index (χ2n) is 7.59. The maximum atomic E-state index is 13.0. The monoisotopic (exact) mass is 412 g/mol. The Morgan fingerprint density at radius 1 is 1.31 bits per heavy atom. The molecular formula is C20H24N6O2S. The number of H-pyrrole nitrogens is 1. The topological polar surface area (TPSA) is 106 Å². The summed E-state index contributed by atoms with van der Waals surface area (Å²) in [6.45, 7) is 4.45. The van der Waals surface area contributed by atoms with Crippen LogP contribution in [0, 0.1) is 11.8 Å². The van der Waals surface area contributed by atoms with Gasteiger partial charge in [-0.1, -0.05) is 50.6 Å². The number of aromatic nitrogens is 5. The van der Waals surface area contributed by atoms with Gasteiger partial charge in [-0.25, -0.2) is 14.6 Å². The van der Waals surface area contributed by atoms with Crippen molar-refractivity contribution in [2.24, 2.45) is 11.8 Å². The third kappa shape index (κ3) is 4.05. The number of hydrogen-bond acceptors (Lipinski definition) is 6. The van der Waals surface area contributed by atoms with Gasteiger partial charge in [0, 0.05) is 6.04 Å². The van der Waals surface area contributed by atoms with Crippen LogP contribution >= 0.6 is 11.8 Å². The predicted octanol–water partition coefficient (Wildman–Crippen LogP) is 2.54. The molecule has 0 unspecified atom stereocenters. The van der Waals surface area contributed by atoms with Crippen LogP contribution in [0.1, 0.15) is 33.1 Å². The number of carbonyl (C=O) groups excluding carboxylic acids is 1. The van der Waals surface area contributed by atoms with Crippen molar-refractivity contribution in [3.63, 3.8) is 0 Å². The molecule has 3 aromatic rings. The number of thioether (sulfide) groups is 1. The number of nitrogens with one attached hydrogen (secondary N) is 2. The summed E-state index contributed by atoms with van der Waals surface area (Å²) in [5, 5.41) is 10.6. The number of benzene rings is 1. The van der Waals surface area contributed by atoms with E-state index in [1.54, 1.807) is 18.2 Å². The number of fused-ring (bicyclic) bond motifs is 1. The van der Waals surface area contributed by atoms with Crippen LogP contribution in [0.5, 0.6) is 0 Å². The van der Waals surface area contributed by atoms with Gasteiger partial charge < -0.3 is 5.32 Å². The molecule has 1 aromatic carbocycles. The molecule has 0 radical (unpaired) electrons. The van der Waals surface area contributed by atoms with E-state index in [2.05, 4.69) is 39.3 Å². The second kappa shape index (κ2) is 8.36. The van der Waals surface area contributed by atoms with Crippen LogP contribution in [0.4, 0.5) is 0 Å². The van der Waals surface area contributed by atoms with E-state index in [9.17, 15) is 9.59 Å². The highest BCUT2D eigenvalue weighted by molar-refractivity contribution is 7.99. The highest BCUT2D eigenvalue weighted by Crippen LogP contribution is 2.29. The standard InChI is InChI=1S/C20H24N6O2S/c1-12-6-5-9-15(13(12)2)23-17(27)10-29-20-24-16-8-4-3-7-14(16)18(28)26(20)19-21-11-22-25-19/h3-4,7-8,11-13,15H,5-6,9-10H2,1-2H3,(H,23,27)(H,21,22,25)/t12-,13-,15-/m1/s1. The minimum atomic E-state index is -0.245. The lowest BCUT2D eigenvalue weighted by atomic mass is 9.78. The summed E-state index contributed by atoms with van der Waals surface area (Å²) in [5.41, 5.74) is 0.343. The van der Waals surface area contributed by atoms with E-state index in [1.807, 2.05) is 6.07 Å². The van der Waals surface area contributed by atoms with E-state index in [1.165, 1.54) is 29.1 Å². The first-order chi connectivity index (χ1) is 14.0. The zero-order chi connectivity index (χ0) is 20.4. The number of para-hydroxylation sites is 1. The first kappa shape index (κ1) is 19.6. The molecule has 1 amide bonds. The zero-order valence-electron chi connectivity index (χ0n) is 16.5. The smallest absolute Gasteiger partial charge is 0.269 e. The molecule has 29 heavy (non-hydrogen) atoms. The summed E-state index contributed by atoms with van der Waals surface area (Å²) >= 11 is 1.23. The van der Waals surface area contributed by atoms with Crippen LogP contribution in [-0.4, -0.2) is 42.4 Å². The van der Waals surface area contributed by atoms with Crippen molar-refractivity contribution in [3.8, 4) is 5.95 Å². The van der Waals surface area contributed by atoms with Crippen LogP contribution in [0.3, 0.4) is 0 Å². The lowest BCUT2D eigenvalue weighted by Crippen LogP contribution is -2.44. The zero-order valence-corrected chi connectivity index (χ0v) is 17.3. The maximum Gasteiger partial charge on any atom is 0.269 e. The second-order valence-corrected chi connectivity index (χ2v) is 8.53. The molecule has 1 aliphatic rings. The molecule has 8 nitrogen and oxygen atoms in total. The average molecular weight is 413 g/mol. The van der Waals surface area contributed by atoms with Crippen LogP contribution in [-0.2, 0) is 4.79 Å². The van der Waals surface area contributed by atoms with Crippen molar-refractivity contribution in [3.05, 3.63) is 40.9 Å². The van der Waals surface area contributed by atoms with Gasteiger partial charge in [0.1, 0.15) is 6.33 Å². The normalized spacial score (nSPS) is 21.9. The van der Waals surface area contributed by atoms with Gasteiger partial charge in [-0.15, -0.1) is 0 Å². The highest BCUT2D eigenvalue weighted by Gasteiger charge is 2.28. The van der Waals surface area contributed by atoms with E-state index in [-0.39, 0.29) is 29.2 Å². The molecule has 2 aromatic heterocycles. The molecule has 3 atom stereocenters. The Morgan fingerprint density at radius 3 is 2.93 bits per heavy atom. The van der Waals surface area contributed by atoms with Crippen molar-refractivity contribution >= 4 is 28.6 Å². The van der Waals surface area contributed by atoms with E-state index < -0.39 is 0 Å². The van der Waals surface area contributed by atoms with Gasteiger partial charge in [-0.05, 0) is 30.4 Å². The van der Waals surface area contributed by atoms with Crippen molar-refractivity contribution < 1.29 is 4.79 Å². The Kier molecular flexibility index (Phi) is 5.66. The summed E-state index contributed by atoms with van der Waals surface area (Å²) < 4.78 is 1.37. The van der Waals surface area contributed by atoms with Gasteiger partial charge in [-0.2, -0.15) is 10.1 Å². The molecule has 0 spiro atoms. The summed E-state index contributed by atoms with van der Waals surface area (Å²) in [7, 11) is 0. The Bertz CT molecular complexity index is 1060. The van der Waals surface area contributed by atoms with Crippen LogP contribution in [0.15, 0.2) is 40.5 Å². The van der Waals surface area contributed by atoms with Gasteiger partial charge in [0.05, 0.1) is 16.7 Å². The van der Waals surface area contributed by atoms with Crippen molar-refractivity contribution in [2.45, 2.75) is 44.3 Å². The Hall–Kier alpha value is -2.68. The average Bonchev–Trinajstić information content (AvgIpc) is 3.24. The van der Waals surface area contributed by atoms with Gasteiger partial charge in [0.25, 0.3) is 5.56 Å². The molecule has 0 aliphatic heterocycles. The number of carbonyl (C=O) groups is 1. The van der Waals surface area contributed by atoms with Gasteiger partial charge >= 0.3 is 0 Å². The number of amides is 1. The molecule has 9 heteroatoms. The maximum absolute atomic E-state index is 13.0. The molecule has 0 saturated heterocycles. The van der Waals surface area contributed by atoms with E-state index >= 15 is 0 Å². The van der Waals surface area contributed by atoms with Gasteiger partial charge in [-0.3, -0.25) is 9.59 Å². The summed E-state index contributed by atoms with van der Waals surface area (Å²) in [6, 6.07) is 7.34. The lowest BCUT2D eigenvalue weighted by Gasteiger charge is -2.34. The van der Waals surface area contributed by atoms with Crippen LogP contribution < -0.4 is 10.9 Å². The van der Waals surface area contributed by atoms with Crippen molar-refractivity contribution in [1.82, 2.24) is 30.0 Å². The Balaban J connectivity index is 1.57. The van der Waals surface area contributed by atoms with E-state index in [4.69, 9.17) is 0 Å². The molecule has 4 rings (SSSR count). The fourth-order valence-electron chi connectivity index (χ4n) is 3.87. The minimum Gasteiger partial charge on any atom is -0.352 e. The molecule has 0 bridgehead atoms. The Morgan fingerprint density at radius 2 is 2.14 bits per heavy atom. The minimum absolute atomic E-state index is 0.0486. The number of rotatable bonds is 5. The van der Waals surface area contributed by atoms with Crippen LogP contribution in [0.2, 0.25) is 0 Å². The highest BCUT2D eigenvalue weighted by atomic mass is 32.2. The first-order valence-electron chi connectivity index (χ1n) is 9.84. The molecule has 2 heterocycles. The fraction of sp³-hybridized carbons (Fsp3) is 0.450. The van der Waals surface area contributed by atoms with Gasteiger partial charge in [0.2, 0.25) is 11.9 Å². The lowest BCUT2D eigenvalue weighted by molar-refractivity contribution is -0.120. The largest absolute Gasteiger partial charge is 0.352 e. The molecule has 1 saturated carbocycles. The number of nitrogens with zero attached hydrogens (tertiary/aromatic N) is 4. The molecule has 2 N–H and O–H groups in total. The summed E-state index contributed by atoms with van der Waals surface area (Å²) in [4.78, 5) is 34.3. The number of hydrogen-bond donors (Lipinski definition) is 2. The first-order valence-corrected chi connectivity index (χ1v) is 10.8. The SMILES string of the molecule is C[C@@H]1[C@H](C)CCC[C@H]1NC(=O)CSc1nc2ccccc2c(=O)n1-c1ncn[nH]1. The molecule has 1 fully saturated rings. The van der Waals surface area contributed by atoms with Crippen molar-refractivity contribution in [1.29, 1.82) is 0 Å². The fourth-order valence-corrected chi connectivity index (χ4v) is 4.67. The molecule has 1 aliphatic carbocycles. The van der Waals surface area contributed by atoms with Crippen LogP contribution in [0.25, 0.3) is 16.9 Å². The summed E-state index contributed by atoms with van der Waals surface area (Å²) in [6.07, 6.45) is 4.70. The third-order valence-corrected chi connectivity index (χ3v) is 6.68. The number of aromatic amines is 1. The Labute approximate surface area is 172 Å².